The number of methoxy groups -OCH3 is 1. The molecule has 0 aromatic rings. The summed E-state index contributed by atoms with van der Waals surface area (Å²) in [7, 11) is 1.30. The minimum Gasteiger partial charge on any atom is -0.479 e. The number of carboxylic acids is 1. The second-order valence-corrected chi connectivity index (χ2v) is 3.93. The minimum atomic E-state index is -1.08. The first-order chi connectivity index (χ1) is 7.58. The molecule has 0 aromatic carbocycles. The van der Waals surface area contributed by atoms with E-state index in [1.807, 2.05) is 0 Å². The first-order valence-corrected chi connectivity index (χ1v) is 5.38. The van der Waals surface area contributed by atoms with Crippen LogP contribution in [0.1, 0.15) is 19.8 Å². The van der Waals surface area contributed by atoms with Crippen molar-refractivity contribution in [3.05, 3.63) is 0 Å². The fourth-order valence-corrected chi connectivity index (χ4v) is 1.55. The Morgan fingerprint density at radius 1 is 1.56 bits per heavy atom. The van der Waals surface area contributed by atoms with Crippen molar-refractivity contribution in [2.24, 2.45) is 5.92 Å². The Hall–Kier alpha value is -1.30. The number of ether oxygens (including phenoxy) is 1. The average molecular weight is 230 g/mol. The van der Waals surface area contributed by atoms with Crippen LogP contribution in [-0.2, 0) is 9.53 Å². The van der Waals surface area contributed by atoms with Gasteiger partial charge in [-0.2, -0.15) is 0 Å². The summed E-state index contributed by atoms with van der Waals surface area (Å²) >= 11 is 0. The molecule has 3 unspecified atom stereocenters. The van der Waals surface area contributed by atoms with Gasteiger partial charge in [0.05, 0.1) is 6.54 Å². The number of carboxylic acid groups (broad SMARTS) is 1. The van der Waals surface area contributed by atoms with Gasteiger partial charge < -0.3 is 20.5 Å². The summed E-state index contributed by atoms with van der Waals surface area (Å²) in [6, 6.07) is -0.0833. The van der Waals surface area contributed by atoms with Gasteiger partial charge in [-0.15, -0.1) is 0 Å². The molecule has 1 rings (SSSR count). The Balaban J connectivity index is 2.17. The molecule has 6 nitrogen and oxygen atoms in total. The third-order valence-electron chi connectivity index (χ3n) is 2.77. The van der Waals surface area contributed by atoms with Crippen LogP contribution in [-0.4, -0.2) is 42.9 Å². The third kappa shape index (κ3) is 3.69. The van der Waals surface area contributed by atoms with Crippen molar-refractivity contribution >= 4 is 12.0 Å². The summed E-state index contributed by atoms with van der Waals surface area (Å²) in [6.07, 6.45) is 1.07. The number of carbonyl (C=O) groups excluding carboxylic acids is 1. The lowest BCUT2D eigenvalue weighted by molar-refractivity contribution is -0.147. The van der Waals surface area contributed by atoms with Crippen molar-refractivity contribution in [3.63, 3.8) is 0 Å². The Bertz CT molecular complexity index is 270. The quantitative estimate of drug-likeness (QED) is 0.607. The molecule has 0 aromatic heterocycles. The van der Waals surface area contributed by atoms with E-state index in [4.69, 9.17) is 5.11 Å². The van der Waals surface area contributed by atoms with E-state index >= 15 is 0 Å². The monoisotopic (exact) mass is 230 g/mol. The van der Waals surface area contributed by atoms with Gasteiger partial charge in [-0.1, -0.05) is 13.3 Å². The van der Waals surface area contributed by atoms with Crippen molar-refractivity contribution in [1.82, 2.24) is 10.6 Å². The Morgan fingerprint density at radius 2 is 2.25 bits per heavy atom. The van der Waals surface area contributed by atoms with Crippen LogP contribution in [0.3, 0.4) is 0 Å². The molecule has 0 radical (unpaired) electrons. The molecule has 0 bridgehead atoms. The van der Waals surface area contributed by atoms with Gasteiger partial charge in [-0.25, -0.2) is 9.59 Å². The van der Waals surface area contributed by atoms with Crippen molar-refractivity contribution in [3.8, 4) is 0 Å². The molecule has 0 heterocycles. The lowest BCUT2D eigenvalue weighted by Crippen LogP contribution is -2.43. The van der Waals surface area contributed by atoms with E-state index < -0.39 is 12.1 Å². The first kappa shape index (κ1) is 12.8. The molecule has 6 heteroatoms. The van der Waals surface area contributed by atoms with Crippen LogP contribution in [0.2, 0.25) is 0 Å². The molecule has 0 aliphatic heterocycles. The zero-order valence-electron chi connectivity index (χ0n) is 9.53. The number of amides is 2. The number of hydrogen-bond acceptors (Lipinski definition) is 3. The Morgan fingerprint density at radius 3 is 2.69 bits per heavy atom. The Labute approximate surface area is 94.3 Å². The van der Waals surface area contributed by atoms with Gasteiger partial charge in [-0.3, -0.25) is 0 Å². The second kappa shape index (κ2) is 5.69. The maximum absolute atomic E-state index is 11.3. The van der Waals surface area contributed by atoms with Gasteiger partial charge in [0.25, 0.3) is 0 Å². The topological polar surface area (TPSA) is 87.7 Å². The number of hydrogen-bond donors (Lipinski definition) is 3. The van der Waals surface area contributed by atoms with E-state index in [2.05, 4.69) is 22.3 Å². The van der Waals surface area contributed by atoms with Gasteiger partial charge in [0.1, 0.15) is 0 Å². The molecule has 0 spiro atoms. The molecule has 3 atom stereocenters. The summed E-state index contributed by atoms with van der Waals surface area (Å²) < 4.78 is 4.68. The molecule has 3 N–H and O–H groups in total. The molecule has 16 heavy (non-hydrogen) atoms. The van der Waals surface area contributed by atoms with Crippen molar-refractivity contribution in [2.75, 3.05) is 13.7 Å². The van der Waals surface area contributed by atoms with E-state index in [9.17, 15) is 9.59 Å². The highest BCUT2D eigenvalue weighted by molar-refractivity contribution is 5.77. The predicted molar refractivity (Wildman–Crippen MR) is 57.2 cm³/mol. The largest absolute Gasteiger partial charge is 0.479 e. The maximum Gasteiger partial charge on any atom is 0.334 e. The Kier molecular flexibility index (Phi) is 4.54. The number of nitrogens with one attached hydrogen (secondary N) is 2. The van der Waals surface area contributed by atoms with Crippen LogP contribution in [0.25, 0.3) is 0 Å². The van der Waals surface area contributed by atoms with E-state index in [1.165, 1.54) is 7.11 Å². The van der Waals surface area contributed by atoms with E-state index in [1.54, 1.807) is 0 Å². The minimum absolute atomic E-state index is 0.0266. The standard InChI is InChI=1S/C10H18N2O4/c1-3-6-4-7(6)12-10(15)11-5-8(16-2)9(13)14/h6-8H,3-5H2,1-2H3,(H,13,14)(H2,11,12,15). The van der Waals surface area contributed by atoms with E-state index in [0.717, 1.165) is 12.8 Å². The highest BCUT2D eigenvalue weighted by Crippen LogP contribution is 2.32. The van der Waals surface area contributed by atoms with Crippen molar-refractivity contribution < 1.29 is 19.4 Å². The molecule has 1 aliphatic carbocycles. The van der Waals surface area contributed by atoms with E-state index in [0.29, 0.717) is 5.92 Å². The predicted octanol–water partition coefficient (Wildman–Crippen LogP) is 0.184. The zero-order chi connectivity index (χ0) is 12.1. The maximum atomic E-state index is 11.3. The first-order valence-electron chi connectivity index (χ1n) is 5.38. The van der Waals surface area contributed by atoms with Crippen LogP contribution in [0, 0.1) is 5.92 Å². The van der Waals surface area contributed by atoms with Crippen molar-refractivity contribution in [2.45, 2.75) is 31.9 Å². The van der Waals surface area contributed by atoms with E-state index in [-0.39, 0.29) is 18.6 Å². The average Bonchev–Trinajstić information content (AvgIpc) is 2.96. The fraction of sp³-hybridized carbons (Fsp3) is 0.800. The van der Waals surface area contributed by atoms with Crippen LogP contribution in [0.5, 0.6) is 0 Å². The van der Waals surface area contributed by atoms with Crippen LogP contribution < -0.4 is 10.6 Å². The van der Waals surface area contributed by atoms with Gasteiger partial charge in [0.15, 0.2) is 6.10 Å². The molecule has 0 saturated heterocycles. The molecule has 92 valence electrons. The molecule has 1 aliphatic rings. The fourth-order valence-electron chi connectivity index (χ4n) is 1.55. The van der Waals surface area contributed by atoms with Crippen LogP contribution >= 0.6 is 0 Å². The number of carbonyl (C=O) groups is 2. The zero-order valence-corrected chi connectivity index (χ0v) is 9.53. The van der Waals surface area contributed by atoms with Crippen LogP contribution in [0.4, 0.5) is 4.79 Å². The summed E-state index contributed by atoms with van der Waals surface area (Å²) in [5.41, 5.74) is 0. The van der Waals surface area contributed by atoms with Gasteiger partial charge in [-0.05, 0) is 12.3 Å². The molecule has 1 fully saturated rings. The normalized spacial score (nSPS) is 24.6. The van der Waals surface area contributed by atoms with Gasteiger partial charge in [0.2, 0.25) is 0 Å². The SMILES string of the molecule is CCC1CC1NC(=O)NCC(OC)C(=O)O. The highest BCUT2D eigenvalue weighted by atomic mass is 16.5. The molecule has 1 saturated carbocycles. The number of aliphatic carboxylic acids is 1. The summed E-state index contributed by atoms with van der Waals surface area (Å²) in [5.74, 6) is -0.510. The highest BCUT2D eigenvalue weighted by Gasteiger charge is 2.36. The number of urea groups is 1. The summed E-state index contributed by atoms with van der Waals surface area (Å²) in [5, 5.41) is 13.9. The summed E-state index contributed by atoms with van der Waals surface area (Å²) in [6.45, 7) is 2.05. The second-order valence-electron chi connectivity index (χ2n) is 3.93. The smallest absolute Gasteiger partial charge is 0.334 e. The number of rotatable bonds is 6. The molecular formula is C10H18N2O4. The summed E-state index contributed by atoms with van der Waals surface area (Å²) in [4.78, 5) is 21.9. The third-order valence-corrected chi connectivity index (χ3v) is 2.77. The van der Waals surface area contributed by atoms with Crippen LogP contribution in [0.15, 0.2) is 0 Å². The molecule has 2 amide bonds. The molecular weight excluding hydrogens is 212 g/mol. The van der Waals surface area contributed by atoms with Gasteiger partial charge >= 0.3 is 12.0 Å². The lowest BCUT2D eigenvalue weighted by atomic mass is 10.3. The lowest BCUT2D eigenvalue weighted by Gasteiger charge is -2.12. The van der Waals surface area contributed by atoms with Crippen molar-refractivity contribution in [1.29, 1.82) is 0 Å². The van der Waals surface area contributed by atoms with Gasteiger partial charge in [0, 0.05) is 13.2 Å².